The molecule has 3 nitrogen and oxygen atoms in total. The lowest BCUT2D eigenvalue weighted by Gasteiger charge is -2.37. The molecule has 2 N–H and O–H groups in total. The van der Waals surface area contributed by atoms with Crippen molar-refractivity contribution in [3.8, 4) is 0 Å². The van der Waals surface area contributed by atoms with E-state index in [0.717, 1.165) is 37.7 Å². The highest BCUT2D eigenvalue weighted by atomic mass is 35.5. The van der Waals surface area contributed by atoms with Gasteiger partial charge >= 0.3 is 0 Å². The maximum atomic E-state index is 6.14. The smallest absolute Gasteiger partial charge is 0.0407 e. The molecule has 1 heterocycles. The van der Waals surface area contributed by atoms with Crippen LogP contribution in [-0.4, -0.2) is 43.7 Å². The number of rotatable bonds is 4. The third-order valence-electron chi connectivity index (χ3n) is 3.89. The quantitative estimate of drug-likeness (QED) is 0.920. The summed E-state index contributed by atoms with van der Waals surface area (Å²) in [6.45, 7) is 9.68. The maximum absolute atomic E-state index is 6.14. The highest BCUT2D eigenvalue weighted by Gasteiger charge is 2.19. The summed E-state index contributed by atoms with van der Waals surface area (Å²) in [6.07, 6.45) is 0. The van der Waals surface area contributed by atoms with Crippen molar-refractivity contribution in [3.05, 3.63) is 29.3 Å². The summed E-state index contributed by atoms with van der Waals surface area (Å²) < 4.78 is 0. The summed E-state index contributed by atoms with van der Waals surface area (Å²) in [4.78, 5) is 4.88. The van der Waals surface area contributed by atoms with Crippen LogP contribution in [-0.2, 0) is 0 Å². The number of nitrogens with zero attached hydrogens (tertiary/aromatic N) is 2. The van der Waals surface area contributed by atoms with Crippen LogP contribution in [0.2, 0.25) is 5.02 Å². The van der Waals surface area contributed by atoms with Crippen LogP contribution in [0.1, 0.15) is 13.8 Å². The topological polar surface area (TPSA) is 32.5 Å². The third-order valence-corrected chi connectivity index (χ3v) is 4.14. The fourth-order valence-corrected chi connectivity index (χ4v) is 2.48. The molecule has 1 aromatic carbocycles. The summed E-state index contributed by atoms with van der Waals surface area (Å²) in [5.74, 6) is 0.550. The zero-order valence-electron chi connectivity index (χ0n) is 11.8. The van der Waals surface area contributed by atoms with Crippen molar-refractivity contribution >= 4 is 17.3 Å². The Hall–Kier alpha value is -0.770. The van der Waals surface area contributed by atoms with Crippen molar-refractivity contribution in [2.24, 2.45) is 11.7 Å². The average Bonchev–Trinajstić information content (AvgIpc) is 2.40. The van der Waals surface area contributed by atoms with Crippen LogP contribution in [0, 0.1) is 5.92 Å². The zero-order chi connectivity index (χ0) is 13.8. The Bertz CT molecular complexity index is 383. The second-order valence-electron chi connectivity index (χ2n) is 5.67. The van der Waals surface area contributed by atoms with Crippen molar-refractivity contribution < 1.29 is 0 Å². The van der Waals surface area contributed by atoms with Crippen molar-refractivity contribution in [1.82, 2.24) is 4.90 Å². The lowest BCUT2D eigenvalue weighted by molar-refractivity contribution is 0.226. The Morgan fingerprint density at radius 3 is 2.21 bits per heavy atom. The van der Waals surface area contributed by atoms with E-state index >= 15 is 0 Å². The molecule has 4 heteroatoms. The molecule has 0 spiro atoms. The van der Waals surface area contributed by atoms with Gasteiger partial charge in [-0.3, -0.25) is 4.90 Å². The molecule has 1 unspecified atom stereocenters. The first-order valence-corrected chi connectivity index (χ1v) is 7.42. The van der Waals surface area contributed by atoms with E-state index in [9.17, 15) is 0 Å². The average molecular weight is 282 g/mol. The van der Waals surface area contributed by atoms with E-state index in [4.69, 9.17) is 17.3 Å². The Labute approximate surface area is 121 Å². The minimum absolute atomic E-state index is 0.280. The first-order valence-electron chi connectivity index (χ1n) is 7.04. The summed E-state index contributed by atoms with van der Waals surface area (Å²) in [5, 5.41) is 0.797. The van der Waals surface area contributed by atoms with Crippen molar-refractivity contribution in [1.29, 1.82) is 0 Å². The molecule has 1 aromatic rings. The van der Waals surface area contributed by atoms with Gasteiger partial charge in [-0.15, -0.1) is 0 Å². The monoisotopic (exact) mass is 281 g/mol. The summed E-state index contributed by atoms with van der Waals surface area (Å²) in [6, 6.07) is 8.38. The molecular formula is C15H24ClN3. The molecule has 1 aliphatic heterocycles. The highest BCUT2D eigenvalue weighted by Crippen LogP contribution is 2.19. The molecule has 0 bridgehead atoms. The van der Waals surface area contributed by atoms with Crippen molar-refractivity contribution in [2.75, 3.05) is 37.6 Å². The number of halogens is 1. The predicted molar refractivity (Wildman–Crippen MR) is 82.9 cm³/mol. The van der Waals surface area contributed by atoms with Crippen LogP contribution in [0.25, 0.3) is 0 Å². The first kappa shape index (κ1) is 14.6. The van der Waals surface area contributed by atoms with Gasteiger partial charge in [-0.2, -0.15) is 0 Å². The fourth-order valence-electron chi connectivity index (χ4n) is 2.35. The van der Waals surface area contributed by atoms with Crippen LogP contribution in [0.5, 0.6) is 0 Å². The van der Waals surface area contributed by atoms with Gasteiger partial charge in [-0.25, -0.2) is 0 Å². The number of piperazine rings is 1. The van der Waals surface area contributed by atoms with E-state index in [1.807, 2.05) is 12.1 Å². The van der Waals surface area contributed by atoms with Gasteiger partial charge in [0.25, 0.3) is 0 Å². The van der Waals surface area contributed by atoms with Crippen LogP contribution in [0.3, 0.4) is 0 Å². The largest absolute Gasteiger partial charge is 0.369 e. The lowest BCUT2D eigenvalue weighted by Crippen LogP contribution is -2.50. The SMILES string of the molecule is CC(C)C(N)CN1CCN(c2ccc(Cl)cc2)CC1. The molecule has 0 saturated carbocycles. The molecule has 1 aliphatic rings. The molecular weight excluding hydrogens is 258 g/mol. The number of anilines is 1. The molecule has 0 aliphatic carbocycles. The molecule has 0 aromatic heterocycles. The van der Waals surface area contributed by atoms with Gasteiger partial charge in [0, 0.05) is 49.5 Å². The summed E-state index contributed by atoms with van der Waals surface area (Å²) in [5.41, 5.74) is 7.40. The van der Waals surface area contributed by atoms with Crippen LogP contribution in [0.15, 0.2) is 24.3 Å². The van der Waals surface area contributed by atoms with Crippen molar-refractivity contribution in [3.63, 3.8) is 0 Å². The highest BCUT2D eigenvalue weighted by molar-refractivity contribution is 6.30. The number of nitrogens with two attached hydrogens (primary N) is 1. The molecule has 1 atom stereocenters. The van der Waals surface area contributed by atoms with Gasteiger partial charge in [0.2, 0.25) is 0 Å². The van der Waals surface area contributed by atoms with Crippen LogP contribution < -0.4 is 10.6 Å². The third kappa shape index (κ3) is 4.10. The number of hydrogen-bond acceptors (Lipinski definition) is 3. The van der Waals surface area contributed by atoms with Gasteiger partial charge < -0.3 is 10.6 Å². The second-order valence-corrected chi connectivity index (χ2v) is 6.11. The number of benzene rings is 1. The molecule has 1 saturated heterocycles. The normalized spacial score (nSPS) is 18.9. The summed E-state index contributed by atoms with van der Waals surface area (Å²) in [7, 11) is 0. The Kier molecular flexibility index (Phi) is 5.08. The van der Waals surface area contributed by atoms with E-state index in [1.165, 1.54) is 5.69 Å². The van der Waals surface area contributed by atoms with Crippen LogP contribution >= 0.6 is 11.6 Å². The molecule has 1 fully saturated rings. The molecule has 19 heavy (non-hydrogen) atoms. The van der Waals surface area contributed by atoms with Gasteiger partial charge in [-0.1, -0.05) is 25.4 Å². The van der Waals surface area contributed by atoms with E-state index < -0.39 is 0 Å². The van der Waals surface area contributed by atoms with E-state index in [1.54, 1.807) is 0 Å². The maximum Gasteiger partial charge on any atom is 0.0407 e. The zero-order valence-corrected chi connectivity index (χ0v) is 12.6. The van der Waals surface area contributed by atoms with Gasteiger partial charge in [0.1, 0.15) is 0 Å². The standard InChI is InChI=1S/C15H24ClN3/c1-12(2)15(17)11-18-7-9-19(10-8-18)14-5-3-13(16)4-6-14/h3-6,12,15H,7-11,17H2,1-2H3. The van der Waals surface area contributed by atoms with E-state index in [2.05, 4.69) is 35.8 Å². The Morgan fingerprint density at radius 1 is 1.11 bits per heavy atom. The lowest BCUT2D eigenvalue weighted by atomic mass is 10.0. The van der Waals surface area contributed by atoms with Gasteiger partial charge in [-0.05, 0) is 30.2 Å². The van der Waals surface area contributed by atoms with Crippen LogP contribution in [0.4, 0.5) is 5.69 Å². The van der Waals surface area contributed by atoms with Gasteiger partial charge in [0.05, 0.1) is 0 Å². The summed E-state index contributed by atoms with van der Waals surface area (Å²) >= 11 is 5.92. The number of hydrogen-bond donors (Lipinski definition) is 1. The fraction of sp³-hybridized carbons (Fsp3) is 0.600. The minimum Gasteiger partial charge on any atom is -0.369 e. The van der Waals surface area contributed by atoms with Crippen molar-refractivity contribution in [2.45, 2.75) is 19.9 Å². The molecule has 106 valence electrons. The predicted octanol–water partition coefficient (Wildman–Crippen LogP) is 2.45. The molecule has 0 radical (unpaired) electrons. The van der Waals surface area contributed by atoms with E-state index in [0.29, 0.717) is 5.92 Å². The van der Waals surface area contributed by atoms with E-state index in [-0.39, 0.29) is 6.04 Å². The Morgan fingerprint density at radius 2 is 1.68 bits per heavy atom. The molecule has 0 amide bonds. The second kappa shape index (κ2) is 6.60. The minimum atomic E-state index is 0.280. The Balaban J connectivity index is 1.84. The molecule has 2 rings (SSSR count). The first-order chi connectivity index (χ1) is 9.06. The van der Waals surface area contributed by atoms with Gasteiger partial charge in [0.15, 0.2) is 0 Å².